The third-order valence-corrected chi connectivity index (χ3v) is 4.96. The molecule has 1 aromatic carbocycles. The largest absolute Gasteiger partial charge is 0.491 e. The van der Waals surface area contributed by atoms with Crippen molar-refractivity contribution < 1.29 is 9.84 Å². The van der Waals surface area contributed by atoms with Gasteiger partial charge in [-0.1, -0.05) is 43.8 Å². The summed E-state index contributed by atoms with van der Waals surface area (Å²) in [4.78, 5) is 8.79. The summed E-state index contributed by atoms with van der Waals surface area (Å²) in [6.45, 7) is 8.40. The van der Waals surface area contributed by atoms with Crippen molar-refractivity contribution in [1.82, 2.24) is 19.6 Å². The molecule has 7 heteroatoms. The minimum atomic E-state index is -0.609. The topological polar surface area (TPSA) is 72.5 Å². The molecule has 0 radical (unpaired) electrons. The van der Waals surface area contributed by atoms with Crippen molar-refractivity contribution in [3.63, 3.8) is 0 Å². The van der Waals surface area contributed by atoms with Gasteiger partial charge in [0, 0.05) is 17.1 Å². The predicted molar refractivity (Wildman–Crippen MR) is 103 cm³/mol. The lowest BCUT2D eigenvalue weighted by Crippen LogP contribution is -2.20. The van der Waals surface area contributed by atoms with Crippen LogP contribution in [0.25, 0.3) is 5.78 Å². The molecule has 0 aliphatic heterocycles. The van der Waals surface area contributed by atoms with Gasteiger partial charge in [-0.25, -0.2) is 9.50 Å². The predicted octanol–water partition coefficient (Wildman–Crippen LogP) is 3.40. The van der Waals surface area contributed by atoms with Gasteiger partial charge in [0.05, 0.1) is 6.10 Å². The quantitative estimate of drug-likeness (QED) is 0.641. The zero-order valence-electron chi connectivity index (χ0n) is 15.5. The molecule has 0 spiro atoms. The van der Waals surface area contributed by atoms with E-state index in [9.17, 15) is 5.11 Å². The fourth-order valence-electron chi connectivity index (χ4n) is 2.70. The number of aliphatic hydroxyl groups excluding tert-OH is 1. The normalized spacial score (nSPS) is 12.7. The number of hydrogen-bond donors (Lipinski definition) is 1. The first-order valence-corrected chi connectivity index (χ1v) is 9.66. The molecule has 0 fully saturated rings. The van der Waals surface area contributed by atoms with E-state index in [2.05, 4.69) is 35.0 Å². The Bertz CT molecular complexity index is 894. The van der Waals surface area contributed by atoms with Gasteiger partial charge in [0.25, 0.3) is 5.78 Å². The highest BCUT2D eigenvalue weighted by Crippen LogP contribution is 2.26. The first-order chi connectivity index (χ1) is 12.4. The lowest BCUT2D eigenvalue weighted by Gasteiger charge is -2.16. The third-order valence-electron chi connectivity index (χ3n) is 3.98. The number of benzene rings is 1. The molecular formula is C19H24N4O2S. The molecule has 0 bridgehead atoms. The zero-order valence-corrected chi connectivity index (χ0v) is 16.3. The van der Waals surface area contributed by atoms with E-state index in [1.807, 2.05) is 38.1 Å². The maximum Gasteiger partial charge on any atom is 0.253 e. The molecule has 26 heavy (non-hydrogen) atoms. The molecule has 0 aliphatic carbocycles. The maximum absolute atomic E-state index is 10.3. The van der Waals surface area contributed by atoms with Gasteiger partial charge in [0.15, 0.2) is 0 Å². The summed E-state index contributed by atoms with van der Waals surface area (Å²) in [7, 11) is 0. The average Bonchev–Trinajstić information content (AvgIpc) is 3.01. The molecule has 2 heterocycles. The Kier molecular flexibility index (Phi) is 5.78. The molecule has 0 amide bonds. The molecule has 2 aromatic heterocycles. The summed E-state index contributed by atoms with van der Waals surface area (Å²) >= 11 is 1.40. The summed E-state index contributed by atoms with van der Waals surface area (Å²) in [5.41, 5.74) is 3.04. The van der Waals surface area contributed by atoms with Gasteiger partial charge in [0.1, 0.15) is 12.4 Å². The van der Waals surface area contributed by atoms with Crippen LogP contribution in [-0.4, -0.2) is 43.2 Å². The van der Waals surface area contributed by atoms with E-state index in [0.29, 0.717) is 22.6 Å². The summed E-state index contributed by atoms with van der Waals surface area (Å²) < 4.78 is 7.54. The van der Waals surface area contributed by atoms with Crippen LogP contribution in [0.15, 0.2) is 35.5 Å². The lowest BCUT2D eigenvalue weighted by molar-refractivity contribution is 0.125. The van der Waals surface area contributed by atoms with Gasteiger partial charge in [-0.05, 0) is 37.5 Å². The van der Waals surface area contributed by atoms with Crippen LogP contribution < -0.4 is 4.74 Å². The van der Waals surface area contributed by atoms with Crippen LogP contribution in [0, 0.1) is 13.8 Å². The van der Waals surface area contributed by atoms with Crippen LogP contribution in [0.5, 0.6) is 5.75 Å². The Morgan fingerprint density at radius 1 is 1.19 bits per heavy atom. The Hall–Kier alpha value is -2.12. The number of fused-ring (bicyclic) bond motifs is 1. The average molecular weight is 372 g/mol. The van der Waals surface area contributed by atoms with Crippen LogP contribution >= 0.6 is 11.8 Å². The summed E-state index contributed by atoms with van der Waals surface area (Å²) in [6, 6.07) is 9.90. The maximum atomic E-state index is 10.3. The van der Waals surface area contributed by atoms with Gasteiger partial charge >= 0.3 is 0 Å². The fourth-order valence-corrected chi connectivity index (χ4v) is 3.43. The Labute approximate surface area is 157 Å². The van der Waals surface area contributed by atoms with E-state index in [-0.39, 0.29) is 6.61 Å². The third kappa shape index (κ3) is 4.34. The number of thioether (sulfide) groups is 1. The van der Waals surface area contributed by atoms with Crippen molar-refractivity contribution in [2.75, 3.05) is 12.4 Å². The number of rotatable bonds is 7. The number of aryl methyl sites for hydroxylation is 2. The first kappa shape index (κ1) is 18.7. The van der Waals surface area contributed by atoms with E-state index in [4.69, 9.17) is 4.74 Å². The van der Waals surface area contributed by atoms with Gasteiger partial charge in [-0.15, -0.1) is 5.10 Å². The standard InChI is InChI=1S/C19H24N4O2S/c1-12(2)16-7-5-6-8-17(16)25-10-15(24)11-26-19-21-18-20-13(3)9-14(4)23(18)22-19/h5-9,12,15,24H,10-11H2,1-4H3/t15-/m0/s1. The van der Waals surface area contributed by atoms with Gasteiger partial charge in [-0.3, -0.25) is 0 Å². The van der Waals surface area contributed by atoms with Crippen LogP contribution in [0.1, 0.15) is 36.7 Å². The van der Waals surface area contributed by atoms with E-state index in [1.54, 1.807) is 4.52 Å². The minimum absolute atomic E-state index is 0.237. The molecule has 1 N–H and O–H groups in total. The van der Waals surface area contributed by atoms with E-state index in [1.165, 1.54) is 11.8 Å². The van der Waals surface area contributed by atoms with Crippen molar-refractivity contribution in [2.45, 2.75) is 44.9 Å². The number of hydrogen-bond acceptors (Lipinski definition) is 6. The van der Waals surface area contributed by atoms with Gasteiger partial charge in [0.2, 0.25) is 5.16 Å². The van der Waals surface area contributed by atoms with Crippen molar-refractivity contribution in [1.29, 1.82) is 0 Å². The monoisotopic (exact) mass is 372 g/mol. The van der Waals surface area contributed by atoms with Crippen molar-refractivity contribution >= 4 is 17.5 Å². The van der Waals surface area contributed by atoms with E-state index in [0.717, 1.165) is 22.7 Å². The van der Waals surface area contributed by atoms with Crippen LogP contribution in [0.3, 0.4) is 0 Å². The van der Waals surface area contributed by atoms with Crippen LogP contribution in [0.4, 0.5) is 0 Å². The molecule has 138 valence electrons. The van der Waals surface area contributed by atoms with Crippen molar-refractivity contribution in [3.05, 3.63) is 47.3 Å². The Balaban J connectivity index is 1.58. The lowest BCUT2D eigenvalue weighted by atomic mass is 10.0. The highest BCUT2D eigenvalue weighted by atomic mass is 32.2. The minimum Gasteiger partial charge on any atom is -0.491 e. The Morgan fingerprint density at radius 3 is 2.73 bits per heavy atom. The molecule has 1 atom stereocenters. The highest BCUT2D eigenvalue weighted by molar-refractivity contribution is 7.99. The number of aromatic nitrogens is 4. The van der Waals surface area contributed by atoms with E-state index >= 15 is 0 Å². The van der Waals surface area contributed by atoms with Crippen LogP contribution in [0.2, 0.25) is 0 Å². The second-order valence-electron chi connectivity index (χ2n) is 6.61. The number of aliphatic hydroxyl groups is 1. The molecule has 3 rings (SSSR count). The molecular weight excluding hydrogens is 348 g/mol. The summed E-state index contributed by atoms with van der Waals surface area (Å²) in [6.07, 6.45) is -0.609. The molecule has 0 aliphatic rings. The number of nitrogens with zero attached hydrogens (tertiary/aromatic N) is 4. The molecule has 6 nitrogen and oxygen atoms in total. The fraction of sp³-hybridized carbons (Fsp3) is 0.421. The second kappa shape index (κ2) is 8.05. The molecule has 0 saturated carbocycles. The Morgan fingerprint density at radius 2 is 1.96 bits per heavy atom. The molecule has 0 unspecified atom stereocenters. The van der Waals surface area contributed by atoms with Crippen LogP contribution in [-0.2, 0) is 0 Å². The zero-order chi connectivity index (χ0) is 18.7. The highest BCUT2D eigenvalue weighted by Gasteiger charge is 2.13. The van der Waals surface area contributed by atoms with Gasteiger partial charge in [-0.2, -0.15) is 4.98 Å². The second-order valence-corrected chi connectivity index (χ2v) is 7.60. The van der Waals surface area contributed by atoms with E-state index < -0.39 is 6.10 Å². The van der Waals surface area contributed by atoms with Gasteiger partial charge < -0.3 is 9.84 Å². The first-order valence-electron chi connectivity index (χ1n) is 8.67. The number of para-hydroxylation sites is 1. The smallest absolute Gasteiger partial charge is 0.253 e. The number of ether oxygens (including phenoxy) is 1. The van der Waals surface area contributed by atoms with Crippen molar-refractivity contribution in [3.8, 4) is 5.75 Å². The van der Waals surface area contributed by atoms with Crippen molar-refractivity contribution in [2.24, 2.45) is 0 Å². The summed E-state index contributed by atoms with van der Waals surface area (Å²) in [5.74, 6) is 2.24. The summed E-state index contributed by atoms with van der Waals surface area (Å²) in [5, 5.41) is 15.3. The molecule has 0 saturated heterocycles. The SMILES string of the molecule is Cc1cc(C)n2nc(SC[C@@H](O)COc3ccccc3C(C)C)nc2n1. The molecule has 3 aromatic rings.